The Labute approximate surface area is 274 Å². The van der Waals surface area contributed by atoms with Crippen molar-refractivity contribution in [3.05, 3.63) is 161 Å². The maximum atomic E-state index is 11.8. The van der Waals surface area contributed by atoms with Crippen molar-refractivity contribution in [1.82, 2.24) is 9.97 Å². The van der Waals surface area contributed by atoms with Crippen molar-refractivity contribution in [3.8, 4) is 38.7 Å². The van der Waals surface area contributed by atoms with Gasteiger partial charge in [-0.25, -0.2) is 4.98 Å². The van der Waals surface area contributed by atoms with Gasteiger partial charge in [0.15, 0.2) is 0 Å². The first-order valence-corrected chi connectivity index (χ1v) is 16.5. The molecule has 0 aliphatic rings. The van der Waals surface area contributed by atoms with Gasteiger partial charge < -0.3 is 5.11 Å². The molecule has 0 unspecified atom stereocenters. The fraction of sp³-hybridized carbons (Fsp3) is 0.143. The largest absolute Gasteiger partial charge is 0.507 e. The lowest BCUT2D eigenvalue weighted by Crippen LogP contribution is -2.11. The molecule has 1 N–H and O–H groups in total. The number of phenols is 1. The molecule has 0 atom stereocenters. The topological polar surface area (TPSA) is 46.0 Å². The minimum absolute atomic E-state index is 0.0409. The molecule has 0 fully saturated rings. The van der Waals surface area contributed by atoms with Crippen LogP contribution in [0.15, 0.2) is 134 Å². The van der Waals surface area contributed by atoms with Crippen molar-refractivity contribution in [2.45, 2.75) is 39.0 Å². The summed E-state index contributed by atoms with van der Waals surface area (Å²) in [5, 5.41) is 12.6. The van der Waals surface area contributed by atoms with Crippen LogP contribution in [0, 0.1) is 0 Å². The highest BCUT2D eigenvalue weighted by Crippen LogP contribution is 2.42. The van der Waals surface area contributed by atoms with Crippen molar-refractivity contribution >= 4 is 21.6 Å². The van der Waals surface area contributed by atoms with Gasteiger partial charge in [0.1, 0.15) is 10.8 Å². The van der Waals surface area contributed by atoms with Crippen LogP contribution >= 0.6 is 11.3 Å². The molecule has 7 aromatic rings. The quantitative estimate of drug-likeness (QED) is 0.194. The second-order valence-corrected chi connectivity index (χ2v) is 13.9. The molecule has 0 aliphatic heterocycles. The summed E-state index contributed by atoms with van der Waals surface area (Å²) in [4.78, 5) is 9.91. The molecule has 46 heavy (non-hydrogen) atoms. The van der Waals surface area contributed by atoms with E-state index in [0.717, 1.165) is 66.3 Å². The van der Waals surface area contributed by atoms with E-state index in [1.807, 2.05) is 42.6 Å². The van der Waals surface area contributed by atoms with Gasteiger partial charge in [-0.3, -0.25) is 4.98 Å². The minimum atomic E-state index is -0.0409. The molecule has 0 aliphatic carbocycles. The Bertz CT molecular complexity index is 2130. The van der Waals surface area contributed by atoms with Crippen LogP contribution in [0.25, 0.3) is 43.2 Å². The first-order chi connectivity index (χ1) is 22.3. The molecule has 7 rings (SSSR count). The van der Waals surface area contributed by atoms with Gasteiger partial charge in [-0.2, -0.15) is 0 Å². The van der Waals surface area contributed by atoms with Crippen molar-refractivity contribution in [1.29, 1.82) is 0 Å². The maximum absolute atomic E-state index is 11.8. The molecule has 0 spiro atoms. The molecule has 4 heteroatoms. The van der Waals surface area contributed by atoms with Crippen LogP contribution in [0.1, 0.15) is 48.6 Å². The second-order valence-electron chi connectivity index (χ2n) is 12.9. The van der Waals surface area contributed by atoms with Gasteiger partial charge in [0.2, 0.25) is 0 Å². The third-order valence-corrected chi connectivity index (χ3v) is 9.51. The number of pyridine rings is 1. The van der Waals surface area contributed by atoms with Crippen LogP contribution in [0.2, 0.25) is 0 Å². The number of hydrogen-bond donors (Lipinski definition) is 1. The smallest absolute Gasteiger partial charge is 0.129 e. The number of benzene rings is 5. The molecule has 0 saturated heterocycles. The van der Waals surface area contributed by atoms with Crippen LogP contribution in [-0.4, -0.2) is 15.1 Å². The fourth-order valence-corrected chi connectivity index (χ4v) is 7.01. The van der Waals surface area contributed by atoms with Crippen molar-refractivity contribution < 1.29 is 5.11 Å². The molecule has 0 radical (unpaired) electrons. The number of aromatic nitrogens is 2. The zero-order valence-corrected chi connectivity index (χ0v) is 27.2. The minimum Gasteiger partial charge on any atom is -0.507 e. The Morgan fingerprint density at radius 2 is 1.33 bits per heavy atom. The molecule has 2 heterocycles. The van der Waals surface area contributed by atoms with E-state index in [2.05, 4.69) is 117 Å². The SMILES string of the molecule is CC(C)(C)c1cc(-c2ccccn2)cc(-c2cccc3sc(-c4cc(Cc5ccccc5)cc(Cc5ccccc5)c4O)nc23)c1. The molecule has 0 amide bonds. The number of aromatic hydroxyl groups is 1. The van der Waals surface area contributed by atoms with Gasteiger partial charge in [0.25, 0.3) is 0 Å². The summed E-state index contributed by atoms with van der Waals surface area (Å²) in [5.74, 6) is 0.299. The average Bonchev–Trinajstić information content (AvgIpc) is 3.51. The van der Waals surface area contributed by atoms with Gasteiger partial charge in [0, 0.05) is 23.7 Å². The maximum Gasteiger partial charge on any atom is 0.129 e. The highest BCUT2D eigenvalue weighted by molar-refractivity contribution is 7.21. The summed E-state index contributed by atoms with van der Waals surface area (Å²) in [5.41, 5.74) is 11.6. The summed E-state index contributed by atoms with van der Waals surface area (Å²) in [7, 11) is 0. The zero-order valence-electron chi connectivity index (χ0n) is 26.4. The van der Waals surface area contributed by atoms with E-state index in [0.29, 0.717) is 12.2 Å². The number of thiazole rings is 1. The molecule has 226 valence electrons. The third-order valence-electron chi connectivity index (χ3n) is 8.46. The van der Waals surface area contributed by atoms with Gasteiger partial charge in [-0.05, 0) is 81.6 Å². The predicted molar refractivity (Wildman–Crippen MR) is 193 cm³/mol. The molecular formula is C42H36N2OS. The van der Waals surface area contributed by atoms with Crippen molar-refractivity contribution in [3.63, 3.8) is 0 Å². The Kier molecular flexibility index (Phi) is 7.98. The second kappa shape index (κ2) is 12.4. The third kappa shape index (κ3) is 6.22. The lowest BCUT2D eigenvalue weighted by Gasteiger charge is -2.21. The number of nitrogens with zero attached hydrogens (tertiary/aromatic N) is 2. The van der Waals surface area contributed by atoms with Gasteiger partial charge in [-0.15, -0.1) is 11.3 Å². The van der Waals surface area contributed by atoms with Crippen LogP contribution in [0.5, 0.6) is 5.75 Å². The summed E-state index contributed by atoms with van der Waals surface area (Å²) >= 11 is 1.63. The first kappa shape index (κ1) is 29.6. The van der Waals surface area contributed by atoms with Crippen LogP contribution in [0.4, 0.5) is 0 Å². The Morgan fingerprint density at radius 3 is 2.02 bits per heavy atom. The predicted octanol–water partition coefficient (Wildman–Crippen LogP) is 10.9. The van der Waals surface area contributed by atoms with Gasteiger partial charge >= 0.3 is 0 Å². The highest BCUT2D eigenvalue weighted by Gasteiger charge is 2.21. The summed E-state index contributed by atoms with van der Waals surface area (Å²) < 4.78 is 1.09. The van der Waals surface area contributed by atoms with Crippen LogP contribution in [-0.2, 0) is 18.3 Å². The first-order valence-electron chi connectivity index (χ1n) is 15.7. The Hall–Kier alpha value is -5.06. The van der Waals surface area contributed by atoms with Gasteiger partial charge in [0.05, 0.1) is 21.5 Å². The molecule has 3 nitrogen and oxygen atoms in total. The monoisotopic (exact) mass is 616 g/mol. The molecular weight excluding hydrogens is 581 g/mol. The van der Waals surface area contributed by atoms with E-state index in [4.69, 9.17) is 4.98 Å². The van der Waals surface area contributed by atoms with E-state index >= 15 is 0 Å². The summed E-state index contributed by atoms with van der Waals surface area (Å²) in [6.07, 6.45) is 3.27. The number of phenolic OH excluding ortho intramolecular Hbond substituents is 1. The van der Waals surface area contributed by atoms with E-state index in [1.54, 1.807) is 11.3 Å². The van der Waals surface area contributed by atoms with Gasteiger partial charge in [-0.1, -0.05) is 112 Å². The number of rotatable bonds is 7. The average molecular weight is 617 g/mol. The Balaban J connectivity index is 1.37. The highest BCUT2D eigenvalue weighted by atomic mass is 32.1. The van der Waals surface area contributed by atoms with Crippen LogP contribution < -0.4 is 0 Å². The summed E-state index contributed by atoms with van der Waals surface area (Å²) in [6, 6.07) is 44.3. The van der Waals surface area contributed by atoms with E-state index in [9.17, 15) is 5.11 Å². The fourth-order valence-electron chi connectivity index (χ4n) is 6.00. The molecule has 0 bridgehead atoms. The number of fused-ring (bicyclic) bond motifs is 1. The molecule has 2 aromatic heterocycles. The number of para-hydroxylation sites is 1. The van der Waals surface area contributed by atoms with Crippen molar-refractivity contribution in [2.75, 3.05) is 0 Å². The molecule has 0 saturated carbocycles. The standard InChI is InChI=1S/C42H36N2OS/c1-42(2,3)34-26-31(25-32(27-34)37-18-10-11-20-43-37)35-17-12-19-38-39(35)44-41(46-38)36-24-30(21-28-13-6-4-7-14-28)23-33(40(36)45)22-29-15-8-5-9-16-29/h4-20,23-27,45H,21-22H2,1-3H3. The van der Waals surface area contributed by atoms with Crippen LogP contribution in [0.3, 0.4) is 0 Å². The number of hydrogen-bond acceptors (Lipinski definition) is 4. The van der Waals surface area contributed by atoms with E-state index in [1.165, 1.54) is 11.1 Å². The lowest BCUT2D eigenvalue weighted by atomic mass is 9.83. The van der Waals surface area contributed by atoms with E-state index in [-0.39, 0.29) is 5.41 Å². The van der Waals surface area contributed by atoms with E-state index < -0.39 is 0 Å². The summed E-state index contributed by atoms with van der Waals surface area (Å²) in [6.45, 7) is 6.73. The normalized spacial score (nSPS) is 11.6. The van der Waals surface area contributed by atoms with Crippen molar-refractivity contribution in [2.24, 2.45) is 0 Å². The molecule has 5 aromatic carbocycles. The zero-order chi connectivity index (χ0) is 31.7. The Morgan fingerprint density at radius 1 is 0.630 bits per heavy atom. The lowest BCUT2D eigenvalue weighted by molar-refractivity contribution is 0.471.